The Labute approximate surface area is 153 Å². The lowest BCUT2D eigenvalue weighted by Crippen LogP contribution is -2.06. The Morgan fingerprint density at radius 3 is 2.54 bits per heavy atom. The lowest BCUT2D eigenvalue weighted by Gasteiger charge is -2.10. The Balaban J connectivity index is 1.83. The predicted octanol–water partition coefficient (Wildman–Crippen LogP) is 5.49. The molecule has 7 heteroatoms. The lowest BCUT2D eigenvalue weighted by atomic mass is 10.0. The third kappa shape index (κ3) is 2.84. The summed E-state index contributed by atoms with van der Waals surface area (Å²) in [6.07, 6.45) is -3.58. The Bertz CT molecular complexity index is 975. The van der Waals surface area contributed by atoms with E-state index in [0.717, 1.165) is 47.7 Å². The van der Waals surface area contributed by atoms with Crippen LogP contribution >= 0.6 is 11.6 Å². The highest BCUT2D eigenvalue weighted by Crippen LogP contribution is 2.37. The number of benzene rings is 2. The zero-order valence-electron chi connectivity index (χ0n) is 13.9. The fourth-order valence-electron chi connectivity index (χ4n) is 3.21. The van der Waals surface area contributed by atoms with Gasteiger partial charge in [0.05, 0.1) is 16.9 Å². The maximum Gasteiger partial charge on any atom is 0.416 e. The highest BCUT2D eigenvalue weighted by Gasteiger charge is 2.31. The first-order chi connectivity index (χ1) is 12.3. The van der Waals surface area contributed by atoms with Crippen molar-refractivity contribution in [2.24, 2.45) is 0 Å². The van der Waals surface area contributed by atoms with Gasteiger partial charge in [-0.2, -0.15) is 18.3 Å². The molecule has 0 atom stereocenters. The summed E-state index contributed by atoms with van der Waals surface area (Å²) in [7, 11) is 0. The third-order valence-corrected chi connectivity index (χ3v) is 4.77. The van der Waals surface area contributed by atoms with Crippen molar-refractivity contribution in [1.82, 2.24) is 9.78 Å². The minimum Gasteiger partial charge on any atom is -0.369 e. The van der Waals surface area contributed by atoms with Gasteiger partial charge in [0.15, 0.2) is 0 Å². The van der Waals surface area contributed by atoms with Crippen molar-refractivity contribution in [3.05, 3.63) is 64.2 Å². The number of aromatic nitrogens is 2. The number of anilines is 1. The van der Waals surface area contributed by atoms with Crippen molar-refractivity contribution >= 4 is 17.4 Å². The van der Waals surface area contributed by atoms with Gasteiger partial charge in [-0.15, -0.1) is 0 Å². The molecule has 26 heavy (non-hydrogen) atoms. The molecule has 134 valence electrons. The number of hydrogen-bond acceptors (Lipinski definition) is 2. The molecule has 1 aliphatic rings. The normalized spacial score (nSPS) is 13.6. The molecular formula is C19H15ClF3N3. The lowest BCUT2D eigenvalue weighted by molar-refractivity contribution is -0.137. The van der Waals surface area contributed by atoms with Gasteiger partial charge in [-0.05, 0) is 43.2 Å². The Kier molecular flexibility index (Phi) is 3.95. The molecule has 1 aromatic heterocycles. The highest BCUT2D eigenvalue weighted by molar-refractivity contribution is 6.30. The molecule has 0 fully saturated rings. The minimum atomic E-state index is -4.35. The van der Waals surface area contributed by atoms with Crippen LogP contribution in [0.5, 0.6) is 0 Å². The molecule has 3 aromatic rings. The van der Waals surface area contributed by atoms with E-state index in [1.807, 2.05) is 25.1 Å². The van der Waals surface area contributed by atoms with E-state index in [1.165, 1.54) is 12.1 Å². The number of nitrogens with zero attached hydrogens (tertiary/aromatic N) is 2. The van der Waals surface area contributed by atoms with Crippen LogP contribution in [0.25, 0.3) is 16.9 Å². The van der Waals surface area contributed by atoms with Crippen LogP contribution in [0.4, 0.5) is 19.0 Å². The Hall–Kier alpha value is -2.47. The second-order valence-electron chi connectivity index (χ2n) is 6.27. The average molecular weight is 378 g/mol. The zero-order chi connectivity index (χ0) is 18.5. The van der Waals surface area contributed by atoms with E-state index in [4.69, 9.17) is 11.6 Å². The molecule has 0 saturated carbocycles. The van der Waals surface area contributed by atoms with Gasteiger partial charge in [0, 0.05) is 22.7 Å². The van der Waals surface area contributed by atoms with Crippen LogP contribution in [0.3, 0.4) is 0 Å². The molecule has 0 unspecified atom stereocenters. The molecule has 0 saturated heterocycles. The number of rotatable bonds is 2. The molecule has 0 aliphatic carbocycles. The van der Waals surface area contributed by atoms with Crippen molar-refractivity contribution in [3.8, 4) is 16.9 Å². The molecule has 1 aliphatic heterocycles. The third-order valence-electron chi connectivity index (χ3n) is 4.54. The van der Waals surface area contributed by atoms with Crippen LogP contribution < -0.4 is 5.32 Å². The second-order valence-corrected chi connectivity index (χ2v) is 6.71. The van der Waals surface area contributed by atoms with Crippen LogP contribution in [0, 0.1) is 6.92 Å². The summed E-state index contributed by atoms with van der Waals surface area (Å²) in [6.45, 7) is 2.73. The van der Waals surface area contributed by atoms with E-state index in [2.05, 4.69) is 10.4 Å². The highest BCUT2D eigenvalue weighted by atomic mass is 35.5. The zero-order valence-corrected chi connectivity index (χ0v) is 14.6. The number of alkyl halides is 3. The quantitative estimate of drug-likeness (QED) is 0.640. The maximum atomic E-state index is 12.8. The Morgan fingerprint density at radius 1 is 1.12 bits per heavy atom. The first kappa shape index (κ1) is 17.0. The van der Waals surface area contributed by atoms with Crippen LogP contribution in [0.1, 0.15) is 16.7 Å². The van der Waals surface area contributed by atoms with Gasteiger partial charge < -0.3 is 5.32 Å². The summed E-state index contributed by atoms with van der Waals surface area (Å²) in [5.74, 6) is 0.866. The van der Waals surface area contributed by atoms with Gasteiger partial charge in [-0.3, -0.25) is 0 Å². The summed E-state index contributed by atoms with van der Waals surface area (Å²) in [5.41, 5.74) is 3.55. The van der Waals surface area contributed by atoms with Crippen molar-refractivity contribution in [2.75, 3.05) is 11.9 Å². The van der Waals surface area contributed by atoms with E-state index in [-0.39, 0.29) is 0 Å². The molecule has 0 radical (unpaired) electrons. The van der Waals surface area contributed by atoms with E-state index >= 15 is 0 Å². The molecule has 0 spiro atoms. The van der Waals surface area contributed by atoms with Crippen LogP contribution in [0.15, 0.2) is 42.5 Å². The SMILES string of the molecule is Cc1ccc(Cl)cc1-n1nc(-c2ccc(C(F)(F)F)cc2)c2c1NCC2. The van der Waals surface area contributed by atoms with Crippen molar-refractivity contribution in [1.29, 1.82) is 0 Å². The van der Waals surface area contributed by atoms with Crippen LogP contribution in [0.2, 0.25) is 5.02 Å². The molecule has 2 aromatic carbocycles. The molecule has 0 bridgehead atoms. The number of aryl methyl sites for hydroxylation is 1. The predicted molar refractivity (Wildman–Crippen MR) is 95.9 cm³/mol. The first-order valence-corrected chi connectivity index (χ1v) is 8.52. The molecule has 3 nitrogen and oxygen atoms in total. The van der Waals surface area contributed by atoms with Crippen molar-refractivity contribution < 1.29 is 13.2 Å². The Morgan fingerprint density at radius 2 is 1.85 bits per heavy atom. The summed E-state index contributed by atoms with van der Waals surface area (Å²) in [4.78, 5) is 0. The summed E-state index contributed by atoms with van der Waals surface area (Å²) >= 11 is 6.13. The summed E-state index contributed by atoms with van der Waals surface area (Å²) in [5, 5.41) is 8.60. The molecule has 4 rings (SSSR count). The number of hydrogen-bond donors (Lipinski definition) is 1. The number of halogens is 4. The topological polar surface area (TPSA) is 29.9 Å². The van der Waals surface area contributed by atoms with Gasteiger partial charge in [0.25, 0.3) is 0 Å². The largest absolute Gasteiger partial charge is 0.416 e. The van der Waals surface area contributed by atoms with Gasteiger partial charge in [0.1, 0.15) is 5.82 Å². The molecule has 1 N–H and O–H groups in total. The standard InChI is InChI=1S/C19H15ClF3N3/c1-11-2-7-14(20)10-16(11)26-18-15(8-9-24-18)17(25-26)12-3-5-13(6-4-12)19(21,22)23/h2-7,10,24H,8-9H2,1H3. The smallest absolute Gasteiger partial charge is 0.369 e. The molecular weight excluding hydrogens is 363 g/mol. The fraction of sp³-hybridized carbons (Fsp3) is 0.211. The van der Waals surface area contributed by atoms with Crippen molar-refractivity contribution in [2.45, 2.75) is 19.5 Å². The van der Waals surface area contributed by atoms with E-state index in [1.54, 1.807) is 4.68 Å². The number of fused-ring (bicyclic) bond motifs is 1. The van der Waals surface area contributed by atoms with Crippen molar-refractivity contribution in [3.63, 3.8) is 0 Å². The van der Waals surface area contributed by atoms with Gasteiger partial charge in [-0.25, -0.2) is 4.68 Å². The van der Waals surface area contributed by atoms with E-state index in [9.17, 15) is 13.2 Å². The maximum absolute atomic E-state index is 12.8. The molecule has 0 amide bonds. The number of nitrogens with one attached hydrogen (secondary N) is 1. The average Bonchev–Trinajstić information content (AvgIpc) is 3.19. The first-order valence-electron chi connectivity index (χ1n) is 8.14. The van der Waals surface area contributed by atoms with Crippen LogP contribution in [-0.4, -0.2) is 16.3 Å². The van der Waals surface area contributed by atoms with E-state index in [0.29, 0.717) is 16.3 Å². The minimum absolute atomic E-state index is 0.601. The summed E-state index contributed by atoms with van der Waals surface area (Å²) in [6, 6.07) is 10.7. The summed E-state index contributed by atoms with van der Waals surface area (Å²) < 4.78 is 40.2. The van der Waals surface area contributed by atoms with Gasteiger partial charge in [0.2, 0.25) is 0 Å². The fourth-order valence-corrected chi connectivity index (χ4v) is 3.38. The van der Waals surface area contributed by atoms with Crippen LogP contribution in [-0.2, 0) is 12.6 Å². The monoisotopic (exact) mass is 377 g/mol. The second kappa shape index (κ2) is 6.06. The van der Waals surface area contributed by atoms with Gasteiger partial charge in [-0.1, -0.05) is 29.8 Å². The molecule has 2 heterocycles. The van der Waals surface area contributed by atoms with E-state index < -0.39 is 11.7 Å². The van der Waals surface area contributed by atoms with Gasteiger partial charge >= 0.3 is 6.18 Å².